The van der Waals surface area contributed by atoms with Crippen LogP contribution >= 0.6 is 22.6 Å². The van der Waals surface area contributed by atoms with Gasteiger partial charge in [0, 0.05) is 16.7 Å². The fraction of sp³-hybridized carbons (Fsp3) is 0.462. The minimum atomic E-state index is -0.437. The van der Waals surface area contributed by atoms with Gasteiger partial charge in [-0.05, 0) is 61.6 Å². The fourth-order valence-corrected chi connectivity index (χ4v) is 2.10. The molecule has 0 fully saturated rings. The molecule has 1 rings (SSSR count). The van der Waals surface area contributed by atoms with Crippen LogP contribution in [-0.2, 0) is 4.79 Å². The third-order valence-corrected chi connectivity index (χ3v) is 3.20. The van der Waals surface area contributed by atoms with Crippen LogP contribution in [0.2, 0.25) is 0 Å². The molecule has 94 valence electrons. The number of halogens is 1. The lowest BCUT2D eigenvalue weighted by Gasteiger charge is -2.23. The van der Waals surface area contributed by atoms with E-state index in [1.54, 1.807) is 11.8 Å². The summed E-state index contributed by atoms with van der Waals surface area (Å²) < 4.78 is 6.75. The van der Waals surface area contributed by atoms with E-state index < -0.39 is 6.10 Å². The Morgan fingerprint density at radius 1 is 1.41 bits per heavy atom. The number of nitrogens with zero attached hydrogens (tertiary/aromatic N) is 1. The van der Waals surface area contributed by atoms with Gasteiger partial charge in [0.1, 0.15) is 5.75 Å². The predicted molar refractivity (Wildman–Crippen MR) is 77.2 cm³/mol. The second-order valence-electron chi connectivity index (χ2n) is 3.73. The number of benzene rings is 1. The van der Waals surface area contributed by atoms with Crippen LogP contribution in [0.4, 0.5) is 0 Å². The molecule has 0 spiro atoms. The molecule has 0 heterocycles. The van der Waals surface area contributed by atoms with E-state index in [-0.39, 0.29) is 5.91 Å². The Morgan fingerprint density at radius 3 is 2.59 bits per heavy atom. The topological polar surface area (TPSA) is 29.5 Å². The van der Waals surface area contributed by atoms with Crippen LogP contribution < -0.4 is 4.74 Å². The monoisotopic (exact) mass is 347 g/mol. The fourth-order valence-electron chi connectivity index (χ4n) is 1.59. The number of likely N-dealkylation sites (N-methyl/N-ethyl adjacent to an activating group) is 1. The lowest BCUT2D eigenvalue weighted by atomic mass is 10.3. The average molecular weight is 347 g/mol. The van der Waals surface area contributed by atoms with E-state index in [1.807, 2.05) is 38.1 Å². The maximum absolute atomic E-state index is 12.0. The summed E-state index contributed by atoms with van der Waals surface area (Å²) in [4.78, 5) is 13.8. The molecule has 0 N–H and O–H groups in total. The first-order valence-corrected chi connectivity index (χ1v) is 6.87. The molecule has 1 aromatic rings. The molecule has 0 saturated heterocycles. The molecule has 0 aliphatic rings. The van der Waals surface area contributed by atoms with Gasteiger partial charge in [-0.3, -0.25) is 4.79 Å². The van der Waals surface area contributed by atoms with E-state index >= 15 is 0 Å². The van der Waals surface area contributed by atoms with Gasteiger partial charge in [0.2, 0.25) is 0 Å². The zero-order valence-electron chi connectivity index (χ0n) is 10.4. The molecule has 1 aromatic carbocycles. The van der Waals surface area contributed by atoms with E-state index in [1.165, 1.54) is 0 Å². The highest BCUT2D eigenvalue weighted by molar-refractivity contribution is 14.1. The van der Waals surface area contributed by atoms with Gasteiger partial charge in [0.25, 0.3) is 5.91 Å². The van der Waals surface area contributed by atoms with Gasteiger partial charge in [-0.15, -0.1) is 0 Å². The summed E-state index contributed by atoms with van der Waals surface area (Å²) in [7, 11) is 0. The molecular formula is C13H18INO2. The Bertz CT molecular complexity index is 377. The molecule has 1 amide bonds. The van der Waals surface area contributed by atoms with Crippen molar-refractivity contribution in [1.82, 2.24) is 4.90 Å². The molecule has 17 heavy (non-hydrogen) atoms. The Hall–Kier alpha value is -0.780. The van der Waals surface area contributed by atoms with Crippen molar-refractivity contribution in [2.45, 2.75) is 26.9 Å². The van der Waals surface area contributed by atoms with Gasteiger partial charge < -0.3 is 9.64 Å². The Balaban J connectivity index is 2.65. The summed E-state index contributed by atoms with van der Waals surface area (Å²) >= 11 is 2.22. The van der Waals surface area contributed by atoms with E-state index in [2.05, 4.69) is 22.6 Å². The Labute approximate surface area is 116 Å². The number of carbonyl (C=O) groups is 1. The summed E-state index contributed by atoms with van der Waals surface area (Å²) in [6, 6.07) is 7.71. The highest BCUT2D eigenvalue weighted by Crippen LogP contribution is 2.16. The van der Waals surface area contributed by atoms with Crippen LogP contribution in [0.3, 0.4) is 0 Å². The zero-order chi connectivity index (χ0) is 12.8. The number of rotatable bonds is 5. The average Bonchev–Trinajstić information content (AvgIpc) is 2.30. The second kappa shape index (κ2) is 6.83. The van der Waals surface area contributed by atoms with Crippen molar-refractivity contribution in [3.63, 3.8) is 0 Å². The molecule has 3 nitrogen and oxygen atoms in total. The SMILES string of the molecule is CCN(CC)C(=O)C(C)Oc1cccc(I)c1. The first-order valence-electron chi connectivity index (χ1n) is 5.79. The Morgan fingerprint density at radius 2 is 2.06 bits per heavy atom. The molecule has 0 aromatic heterocycles. The first-order chi connectivity index (χ1) is 8.08. The molecule has 0 bridgehead atoms. The Kier molecular flexibility index (Phi) is 5.74. The predicted octanol–water partition coefficient (Wildman–Crippen LogP) is 2.93. The van der Waals surface area contributed by atoms with Crippen LogP contribution in [0.5, 0.6) is 5.75 Å². The molecule has 4 heteroatoms. The van der Waals surface area contributed by atoms with Crippen molar-refractivity contribution in [3.05, 3.63) is 27.8 Å². The van der Waals surface area contributed by atoms with E-state index in [4.69, 9.17) is 4.74 Å². The maximum Gasteiger partial charge on any atom is 0.263 e. The summed E-state index contributed by atoms with van der Waals surface area (Å²) in [6.45, 7) is 7.17. The van der Waals surface area contributed by atoms with Crippen molar-refractivity contribution in [3.8, 4) is 5.75 Å². The molecule has 1 atom stereocenters. The van der Waals surface area contributed by atoms with Crippen molar-refractivity contribution < 1.29 is 9.53 Å². The van der Waals surface area contributed by atoms with E-state index in [0.29, 0.717) is 0 Å². The van der Waals surface area contributed by atoms with Crippen LogP contribution in [0, 0.1) is 3.57 Å². The first kappa shape index (κ1) is 14.3. The summed E-state index contributed by atoms with van der Waals surface area (Å²) in [5.74, 6) is 0.777. The largest absolute Gasteiger partial charge is 0.481 e. The number of carbonyl (C=O) groups excluding carboxylic acids is 1. The van der Waals surface area contributed by atoms with Gasteiger partial charge in [0.15, 0.2) is 6.10 Å². The zero-order valence-corrected chi connectivity index (χ0v) is 12.6. The minimum absolute atomic E-state index is 0.0360. The van der Waals surface area contributed by atoms with Gasteiger partial charge in [-0.25, -0.2) is 0 Å². The smallest absolute Gasteiger partial charge is 0.263 e. The van der Waals surface area contributed by atoms with Crippen molar-refractivity contribution in [2.24, 2.45) is 0 Å². The lowest BCUT2D eigenvalue weighted by Crippen LogP contribution is -2.40. The lowest BCUT2D eigenvalue weighted by molar-refractivity contribution is -0.137. The second-order valence-corrected chi connectivity index (χ2v) is 4.97. The maximum atomic E-state index is 12.0. The normalized spacial score (nSPS) is 12.0. The van der Waals surface area contributed by atoms with Crippen LogP contribution in [-0.4, -0.2) is 30.0 Å². The highest BCUT2D eigenvalue weighted by Gasteiger charge is 2.19. The van der Waals surface area contributed by atoms with Crippen LogP contribution in [0.1, 0.15) is 20.8 Å². The third-order valence-electron chi connectivity index (χ3n) is 2.53. The van der Waals surface area contributed by atoms with Crippen molar-refractivity contribution >= 4 is 28.5 Å². The quantitative estimate of drug-likeness (QED) is 0.767. The summed E-state index contributed by atoms with van der Waals surface area (Å²) in [5, 5.41) is 0. The molecule has 0 aliphatic carbocycles. The molecule has 0 radical (unpaired) electrons. The molecule has 0 saturated carbocycles. The molecular weight excluding hydrogens is 329 g/mol. The van der Waals surface area contributed by atoms with Gasteiger partial charge in [0.05, 0.1) is 0 Å². The van der Waals surface area contributed by atoms with Gasteiger partial charge >= 0.3 is 0 Å². The van der Waals surface area contributed by atoms with E-state index in [9.17, 15) is 4.79 Å². The van der Waals surface area contributed by atoms with Crippen molar-refractivity contribution in [1.29, 1.82) is 0 Å². The summed E-state index contributed by atoms with van der Waals surface area (Å²) in [6.07, 6.45) is -0.437. The number of hydrogen-bond acceptors (Lipinski definition) is 2. The van der Waals surface area contributed by atoms with E-state index in [0.717, 1.165) is 22.4 Å². The van der Waals surface area contributed by atoms with Gasteiger partial charge in [-0.1, -0.05) is 6.07 Å². The number of ether oxygens (including phenoxy) is 1. The van der Waals surface area contributed by atoms with Crippen LogP contribution in [0.15, 0.2) is 24.3 Å². The number of amides is 1. The standard InChI is InChI=1S/C13H18INO2/c1-4-15(5-2)13(16)10(3)17-12-8-6-7-11(14)9-12/h6-10H,4-5H2,1-3H3. The highest BCUT2D eigenvalue weighted by atomic mass is 127. The van der Waals surface area contributed by atoms with Crippen LogP contribution in [0.25, 0.3) is 0 Å². The molecule has 0 aliphatic heterocycles. The number of hydrogen-bond donors (Lipinski definition) is 0. The minimum Gasteiger partial charge on any atom is -0.481 e. The summed E-state index contributed by atoms with van der Waals surface area (Å²) in [5.41, 5.74) is 0. The molecule has 1 unspecified atom stereocenters. The van der Waals surface area contributed by atoms with Crippen molar-refractivity contribution in [2.75, 3.05) is 13.1 Å². The third kappa shape index (κ3) is 4.18. The van der Waals surface area contributed by atoms with Gasteiger partial charge in [-0.2, -0.15) is 0 Å².